The van der Waals surface area contributed by atoms with E-state index in [1.807, 2.05) is 31.2 Å². The molecule has 0 saturated carbocycles. The fraction of sp³-hybridized carbons (Fsp3) is 0.444. The van der Waals surface area contributed by atoms with Gasteiger partial charge in [-0.15, -0.1) is 5.10 Å². The SMILES string of the molecule is CCOCCCNC(=O)NC(=O)CSc1n[nH]c(-c2ccc(CC)cc2)n1. The van der Waals surface area contributed by atoms with Gasteiger partial charge >= 0.3 is 6.03 Å². The van der Waals surface area contributed by atoms with Crippen molar-refractivity contribution in [2.75, 3.05) is 25.5 Å². The molecule has 9 heteroatoms. The van der Waals surface area contributed by atoms with E-state index in [4.69, 9.17) is 4.74 Å². The molecule has 0 fully saturated rings. The number of hydrogen-bond acceptors (Lipinski definition) is 6. The van der Waals surface area contributed by atoms with Crippen LogP contribution in [0.1, 0.15) is 25.8 Å². The van der Waals surface area contributed by atoms with Gasteiger partial charge in [-0.3, -0.25) is 15.2 Å². The van der Waals surface area contributed by atoms with E-state index in [1.165, 1.54) is 5.56 Å². The van der Waals surface area contributed by atoms with Gasteiger partial charge in [-0.05, 0) is 25.3 Å². The zero-order chi connectivity index (χ0) is 19.5. The Morgan fingerprint density at radius 2 is 2.00 bits per heavy atom. The number of carbonyl (C=O) groups is 2. The van der Waals surface area contributed by atoms with E-state index in [0.717, 1.165) is 23.7 Å². The molecule has 1 aromatic carbocycles. The first kappa shape index (κ1) is 20.9. The molecule has 27 heavy (non-hydrogen) atoms. The first-order chi connectivity index (χ1) is 13.1. The Balaban J connectivity index is 1.72. The Morgan fingerprint density at radius 1 is 1.22 bits per heavy atom. The van der Waals surface area contributed by atoms with Gasteiger partial charge in [0, 0.05) is 25.3 Å². The number of H-pyrrole nitrogens is 1. The number of amides is 3. The van der Waals surface area contributed by atoms with E-state index in [-0.39, 0.29) is 5.75 Å². The van der Waals surface area contributed by atoms with Gasteiger partial charge in [0.05, 0.1) is 5.75 Å². The number of urea groups is 1. The minimum Gasteiger partial charge on any atom is -0.382 e. The van der Waals surface area contributed by atoms with E-state index >= 15 is 0 Å². The fourth-order valence-electron chi connectivity index (χ4n) is 2.20. The van der Waals surface area contributed by atoms with Gasteiger partial charge in [0.1, 0.15) is 0 Å². The summed E-state index contributed by atoms with van der Waals surface area (Å²) in [6.45, 7) is 5.69. The number of imide groups is 1. The molecule has 8 nitrogen and oxygen atoms in total. The number of thioether (sulfide) groups is 1. The summed E-state index contributed by atoms with van der Waals surface area (Å²) in [5.41, 5.74) is 2.18. The van der Waals surface area contributed by atoms with Crippen molar-refractivity contribution in [1.29, 1.82) is 0 Å². The molecule has 0 atom stereocenters. The Bertz CT molecular complexity index is 733. The van der Waals surface area contributed by atoms with Crippen molar-refractivity contribution in [3.8, 4) is 11.4 Å². The van der Waals surface area contributed by atoms with Crippen LogP contribution in [0.3, 0.4) is 0 Å². The summed E-state index contributed by atoms with van der Waals surface area (Å²) in [5.74, 6) is 0.298. The quantitative estimate of drug-likeness (QED) is 0.424. The molecular weight excluding hydrogens is 366 g/mol. The third-order valence-electron chi connectivity index (χ3n) is 3.64. The van der Waals surface area contributed by atoms with Crippen LogP contribution in [0.5, 0.6) is 0 Å². The smallest absolute Gasteiger partial charge is 0.321 e. The van der Waals surface area contributed by atoms with Gasteiger partial charge in [-0.2, -0.15) is 0 Å². The molecule has 0 aliphatic carbocycles. The van der Waals surface area contributed by atoms with Crippen LogP contribution in [0.25, 0.3) is 11.4 Å². The maximum absolute atomic E-state index is 11.8. The van der Waals surface area contributed by atoms with E-state index in [2.05, 4.69) is 32.7 Å². The van der Waals surface area contributed by atoms with E-state index in [0.29, 0.717) is 37.2 Å². The molecule has 0 spiro atoms. The highest BCUT2D eigenvalue weighted by atomic mass is 32.2. The number of aromatic nitrogens is 3. The number of aryl methyl sites for hydroxylation is 1. The van der Waals surface area contributed by atoms with Gasteiger partial charge in [0.25, 0.3) is 0 Å². The highest BCUT2D eigenvalue weighted by molar-refractivity contribution is 7.99. The second-order valence-electron chi connectivity index (χ2n) is 5.66. The Kier molecular flexibility index (Phi) is 8.79. The molecule has 0 saturated heterocycles. The number of ether oxygens (including phenoxy) is 1. The lowest BCUT2D eigenvalue weighted by Crippen LogP contribution is -2.40. The first-order valence-corrected chi connectivity index (χ1v) is 9.90. The van der Waals surface area contributed by atoms with Crippen LogP contribution >= 0.6 is 11.8 Å². The zero-order valence-electron chi connectivity index (χ0n) is 15.6. The van der Waals surface area contributed by atoms with Crippen LogP contribution in [0.4, 0.5) is 4.79 Å². The average Bonchev–Trinajstić information content (AvgIpc) is 3.15. The summed E-state index contributed by atoms with van der Waals surface area (Å²) in [6, 6.07) is 7.55. The molecule has 0 bridgehead atoms. The fourth-order valence-corrected chi connectivity index (χ4v) is 2.79. The molecule has 1 heterocycles. The topological polar surface area (TPSA) is 109 Å². The van der Waals surface area contributed by atoms with Crippen molar-refractivity contribution in [1.82, 2.24) is 25.8 Å². The summed E-state index contributed by atoms with van der Waals surface area (Å²) in [7, 11) is 0. The molecule has 3 amide bonds. The van der Waals surface area contributed by atoms with Crippen molar-refractivity contribution in [3.05, 3.63) is 29.8 Å². The Labute approximate surface area is 162 Å². The van der Waals surface area contributed by atoms with Gasteiger partial charge < -0.3 is 10.1 Å². The lowest BCUT2D eigenvalue weighted by atomic mass is 10.1. The second kappa shape index (κ2) is 11.3. The van der Waals surface area contributed by atoms with Gasteiger partial charge in [-0.25, -0.2) is 9.78 Å². The van der Waals surface area contributed by atoms with Crippen LogP contribution in [0.2, 0.25) is 0 Å². The Morgan fingerprint density at radius 3 is 2.70 bits per heavy atom. The van der Waals surface area contributed by atoms with Crippen LogP contribution < -0.4 is 10.6 Å². The van der Waals surface area contributed by atoms with Gasteiger partial charge in [0.2, 0.25) is 11.1 Å². The van der Waals surface area contributed by atoms with Crippen LogP contribution in [-0.4, -0.2) is 52.6 Å². The number of carbonyl (C=O) groups excluding carboxylic acids is 2. The van der Waals surface area contributed by atoms with E-state index in [9.17, 15) is 9.59 Å². The second-order valence-corrected chi connectivity index (χ2v) is 6.60. The summed E-state index contributed by atoms with van der Waals surface area (Å²) < 4.78 is 5.17. The van der Waals surface area contributed by atoms with Crippen molar-refractivity contribution in [3.63, 3.8) is 0 Å². The predicted molar refractivity (Wildman–Crippen MR) is 105 cm³/mol. The third-order valence-corrected chi connectivity index (χ3v) is 4.49. The number of benzene rings is 1. The molecule has 0 unspecified atom stereocenters. The minimum absolute atomic E-state index is 0.0540. The van der Waals surface area contributed by atoms with Crippen LogP contribution in [0.15, 0.2) is 29.4 Å². The van der Waals surface area contributed by atoms with Crippen LogP contribution in [0, 0.1) is 0 Å². The molecule has 0 radical (unpaired) electrons. The summed E-state index contributed by atoms with van der Waals surface area (Å²) in [6.07, 6.45) is 1.68. The van der Waals surface area contributed by atoms with Crippen molar-refractivity contribution in [2.24, 2.45) is 0 Å². The normalized spacial score (nSPS) is 10.6. The summed E-state index contributed by atoms with van der Waals surface area (Å²) in [5, 5.41) is 12.3. The molecule has 0 aliphatic rings. The number of nitrogens with zero attached hydrogens (tertiary/aromatic N) is 2. The molecule has 3 N–H and O–H groups in total. The number of aromatic amines is 1. The highest BCUT2D eigenvalue weighted by Gasteiger charge is 2.11. The lowest BCUT2D eigenvalue weighted by molar-refractivity contribution is -0.117. The number of rotatable bonds is 10. The minimum atomic E-state index is -0.510. The van der Waals surface area contributed by atoms with E-state index < -0.39 is 11.9 Å². The molecular formula is C18H25N5O3S. The van der Waals surface area contributed by atoms with Crippen molar-refractivity contribution >= 4 is 23.7 Å². The zero-order valence-corrected chi connectivity index (χ0v) is 16.4. The molecule has 1 aromatic heterocycles. The molecule has 2 rings (SSSR count). The van der Waals surface area contributed by atoms with E-state index in [1.54, 1.807) is 0 Å². The predicted octanol–water partition coefficient (Wildman–Crippen LogP) is 2.38. The standard InChI is InChI=1S/C18H25N5O3S/c1-3-13-6-8-14(9-7-13)16-21-18(23-22-16)27-12-15(24)20-17(25)19-10-5-11-26-4-2/h6-9H,3-5,10-12H2,1-2H3,(H,21,22,23)(H2,19,20,24,25). The molecule has 146 valence electrons. The monoisotopic (exact) mass is 391 g/mol. The summed E-state index contributed by atoms with van der Waals surface area (Å²) >= 11 is 1.16. The third kappa shape index (κ3) is 7.40. The number of nitrogens with one attached hydrogen (secondary N) is 3. The first-order valence-electron chi connectivity index (χ1n) is 8.92. The highest BCUT2D eigenvalue weighted by Crippen LogP contribution is 2.19. The summed E-state index contributed by atoms with van der Waals surface area (Å²) in [4.78, 5) is 27.8. The molecule has 0 aliphatic heterocycles. The lowest BCUT2D eigenvalue weighted by Gasteiger charge is -2.06. The maximum atomic E-state index is 11.8. The Hall–Kier alpha value is -2.39. The molecule has 2 aromatic rings. The maximum Gasteiger partial charge on any atom is 0.321 e. The van der Waals surface area contributed by atoms with Crippen molar-refractivity contribution in [2.45, 2.75) is 31.8 Å². The van der Waals surface area contributed by atoms with Gasteiger partial charge in [0.15, 0.2) is 5.82 Å². The largest absolute Gasteiger partial charge is 0.382 e. The van der Waals surface area contributed by atoms with Crippen molar-refractivity contribution < 1.29 is 14.3 Å². The van der Waals surface area contributed by atoms with Gasteiger partial charge in [-0.1, -0.05) is 43.0 Å². The average molecular weight is 391 g/mol. The number of hydrogen-bond donors (Lipinski definition) is 3. The van der Waals surface area contributed by atoms with Crippen LogP contribution in [-0.2, 0) is 16.0 Å².